The first-order valence-corrected chi connectivity index (χ1v) is 47.5. The molecule has 5 aliphatic heterocycles. The minimum absolute atomic E-state index is 0. The van der Waals surface area contributed by atoms with Gasteiger partial charge in [-0.15, -0.1) is 0 Å². The van der Waals surface area contributed by atoms with E-state index in [1.54, 1.807) is 73.1 Å². The van der Waals surface area contributed by atoms with Crippen molar-refractivity contribution in [2.45, 2.75) is 224 Å². The zero-order valence-electron chi connectivity index (χ0n) is 77.9. The summed E-state index contributed by atoms with van der Waals surface area (Å²) in [5.41, 5.74) is 79.9. The maximum absolute atomic E-state index is 13.6. The zero-order chi connectivity index (χ0) is 103. The van der Waals surface area contributed by atoms with Crippen LogP contribution in [0.3, 0.4) is 0 Å². The standard InChI is InChI=1S/C20H27N10O4P.C11H13ClN8O.C10H11ClN8O2.C10H15ClNO2P.C10H13N9O2.C10H13N5O3.C4H9.2CO2.ClH.Mg/c1-3-12(2)28-35(31,34-13-7-5-4-6-8-13)32-10-15-14(27-29-23)9-16(33-15)30-11-24-17-18(21)25-20(22)26-19(17)30;1-2-6-5(18-19-14)3-7(21-6)20-4-15-8-9(12)16-11(13)17-10(8)20;11-8-7-9(16-10(12)15-8)19(3-14-7)6-1-4(17-18-13)5(2-20)21-6;1-3-9(2)12-15(11,13)14-10-7-5-4-6-8-10;11-8-7-9(16-10(12)15-8)19(3-14-7)6-1-4(17-18-13)5(2-20)21-6;1-2-7-6(13-14-11)5-9(18-7)15-4-3-8(16)12-10(15)17;1-4(2)3;2*2-1-3;;/h4-8,11-12,14-16H,3,9-10H2,1-2H3,(H,28,31)(H4,21,22,25,26);4-7H,2-3H2,1H3,(H2,13,16,17);3-6,20H,1-2H2,(H2,12,15,16);4-9H,3H2,1-2H3,(H,12,13);3-6,20H,1-2H2,(H4,11,12,15,16);3-4,6-7,9H,2,5H2,1H3,(H,12,16,17);1-3H3;;;1H;/q;;;;;;-1;;;;+2/p-1/t12-,14?,15+,16+,35?;5?,6-,7?;4?,5-,6-;9-,15?;4?,5-,6-;6?,7-,9-;;;;;/m011011...../s1. The summed E-state index contributed by atoms with van der Waals surface area (Å²) >= 11 is 17.7. The molecule has 14 heterocycles. The van der Waals surface area contributed by atoms with Crippen LogP contribution < -0.4 is 77.3 Å². The molecule has 762 valence electrons. The Labute approximate surface area is 848 Å². The van der Waals surface area contributed by atoms with E-state index in [0.717, 1.165) is 12.8 Å². The molecule has 16 rings (SSSR count). The van der Waals surface area contributed by atoms with Crippen molar-refractivity contribution in [1.82, 2.24) is 97.8 Å². The fourth-order valence-electron chi connectivity index (χ4n) is 14.0. The van der Waals surface area contributed by atoms with Crippen LogP contribution in [0.2, 0.25) is 10.3 Å². The van der Waals surface area contributed by atoms with Gasteiger partial charge in [-0.3, -0.25) is 37.1 Å². The SMILES string of the molecule is CC[C@H](C)NP(=O)(Cl)Oc1ccccc1.CC[C@H](C)NP(=O)(OC[C@H]1O[C@@H](n2cnc3c(N)nc(N)nc32)CC1N=[N+]=[N-])Oc1ccccc1.CC[C@H]1OC(n2cnc3c(Cl)nc(N)nc32)CC1N=[N+]=[N-].CC[C@H]1O[C@@H](n2ccc(=O)[nH]c2=O)CC1N=[N+]=[N-].C[C-](C)C.O=C=O.O=C=O.[Cl-].[Mg+2].[N-]=[N+]=NC1C[C@H](n2cnc3c(Cl)nc(N)nc32)O[C@@H]1CO.[N-]=[N+]=NC1C[C@H](n2cnc3c(N)nc(N)nc32)O[C@@H]1CO. The van der Waals surface area contributed by atoms with Gasteiger partial charge in [-0.05, 0) is 91.5 Å². The van der Waals surface area contributed by atoms with Gasteiger partial charge in [-0.1, -0.05) is 113 Å². The molecule has 17 N–H and O–H groups in total. The number of azide groups is 5. The number of nitrogens with two attached hydrogens (primary N) is 6. The summed E-state index contributed by atoms with van der Waals surface area (Å²) in [6.07, 6.45) is 8.48. The van der Waals surface area contributed by atoms with Crippen LogP contribution in [0, 0.1) is 5.92 Å². The average molecular weight is 2120 g/mol. The van der Waals surface area contributed by atoms with Crippen molar-refractivity contribution >= 4 is 165 Å². The number of para-hydroxylation sites is 2. The van der Waals surface area contributed by atoms with E-state index in [1.807, 2.05) is 53.7 Å². The second kappa shape index (κ2) is 57.9. The number of rotatable bonds is 27. The number of aromatic nitrogens is 18. The number of imidazole rings is 4. The molecule has 0 bridgehead atoms. The maximum Gasteiger partial charge on any atom is 2.00 e. The molecule has 0 spiro atoms. The third-order valence-electron chi connectivity index (χ3n) is 20.6. The minimum atomic E-state index is -3.78. The Balaban J connectivity index is 0.000000261. The first-order chi connectivity index (χ1) is 67.5. The number of benzene rings is 2. The van der Waals surface area contributed by atoms with Crippen molar-refractivity contribution in [3.8, 4) is 11.5 Å². The normalized spacial score (nSPS) is 22.0. The molecule has 0 radical (unpaired) electrons. The van der Waals surface area contributed by atoms with Gasteiger partial charge in [0.15, 0.2) is 44.5 Å². The number of nitrogens with zero attached hydrogens (tertiary/aromatic N) is 32. The van der Waals surface area contributed by atoms with Gasteiger partial charge in [-0.25, -0.2) is 44.0 Å². The molecular weight excluding hydrogens is 2020 g/mol. The predicted molar refractivity (Wildman–Crippen MR) is 514 cm³/mol. The van der Waals surface area contributed by atoms with E-state index < -0.39 is 87.2 Å². The Morgan fingerprint density at radius 1 is 0.497 bits per heavy atom. The number of hydrogen-bond acceptors (Lipinski definition) is 41. The van der Waals surface area contributed by atoms with Gasteiger partial charge in [0.05, 0.1) is 106 Å². The molecule has 59 nitrogen and oxygen atoms in total. The van der Waals surface area contributed by atoms with E-state index in [4.69, 9.17) is 153 Å². The number of carbonyl (C=O) groups excluding carboxylic acids is 4. The molecule has 5 saturated heterocycles. The Kier molecular flexibility index (Phi) is 48.1. The number of nitrogens with one attached hydrogen (secondary N) is 3. The third-order valence-corrected chi connectivity index (χ3v) is 24.6. The minimum Gasteiger partial charge on any atom is -1.00 e. The fourth-order valence-corrected chi connectivity index (χ4v) is 18.0. The van der Waals surface area contributed by atoms with Crippen LogP contribution in [0.5, 0.6) is 11.5 Å². The van der Waals surface area contributed by atoms with E-state index in [2.05, 4.69) is 146 Å². The molecule has 0 saturated carbocycles. The molecule has 0 aliphatic carbocycles. The third kappa shape index (κ3) is 33.6. The fraction of sp³-hybridized carbons (Fsp3) is 0.494. The molecule has 19 atom stereocenters. The van der Waals surface area contributed by atoms with Crippen molar-refractivity contribution in [1.29, 1.82) is 0 Å². The Morgan fingerprint density at radius 2 is 0.797 bits per heavy atom. The predicted octanol–water partition coefficient (Wildman–Crippen LogP) is 8.75. The zero-order valence-corrected chi connectivity index (χ0v) is 84.1. The Bertz CT molecular complexity index is 6250. The van der Waals surface area contributed by atoms with Crippen LogP contribution >= 0.6 is 49.1 Å². The van der Waals surface area contributed by atoms with Gasteiger partial charge < -0.3 is 95.7 Å². The van der Waals surface area contributed by atoms with E-state index in [1.165, 1.54) is 41.7 Å². The van der Waals surface area contributed by atoms with E-state index in [-0.39, 0.29) is 156 Å². The number of aromatic amines is 1. The molecule has 11 aromatic rings. The number of aliphatic hydroxyl groups excluding tert-OH is 2. The summed E-state index contributed by atoms with van der Waals surface area (Å²) in [5, 5.41) is 43.2. The largest absolute Gasteiger partial charge is 2.00 e. The van der Waals surface area contributed by atoms with Gasteiger partial charge in [0, 0.05) is 92.3 Å². The van der Waals surface area contributed by atoms with Crippen molar-refractivity contribution in [3.63, 3.8) is 0 Å². The van der Waals surface area contributed by atoms with Crippen LogP contribution in [0.4, 0.5) is 35.4 Å². The molecule has 2 aromatic carbocycles. The number of hydrogen-bond donors (Lipinski definition) is 11. The van der Waals surface area contributed by atoms with Crippen LogP contribution in [-0.2, 0) is 56.5 Å². The first kappa shape index (κ1) is 119. The van der Waals surface area contributed by atoms with E-state index in [0.29, 0.717) is 101 Å². The first-order valence-electron chi connectivity index (χ1n) is 42.7. The van der Waals surface area contributed by atoms with Crippen LogP contribution in [0.15, 0.2) is 133 Å². The molecule has 143 heavy (non-hydrogen) atoms. The number of halogens is 4. The van der Waals surface area contributed by atoms with E-state index in [9.17, 15) is 28.9 Å². The Hall–Kier alpha value is -13.0. The van der Waals surface area contributed by atoms with Crippen LogP contribution in [-0.4, -0.2) is 226 Å². The quantitative estimate of drug-likeness (QED) is 0.00435. The summed E-state index contributed by atoms with van der Waals surface area (Å²) in [6, 6.07) is 16.8. The van der Waals surface area contributed by atoms with Crippen LogP contribution in [0.25, 0.3) is 96.9 Å². The molecule has 9 aromatic heterocycles. The molecule has 5 fully saturated rings. The van der Waals surface area contributed by atoms with Crippen molar-refractivity contribution in [3.05, 3.63) is 188 Å². The number of ether oxygens (including phenoxy) is 5. The smallest absolute Gasteiger partial charge is 1.00 e. The number of fused-ring (bicyclic) bond motifs is 4. The second-order valence-corrected chi connectivity index (χ2v) is 36.1. The summed E-state index contributed by atoms with van der Waals surface area (Å²) in [4.78, 5) is 120. The second-order valence-electron chi connectivity index (χ2n) is 31.0. The molecule has 5 aliphatic rings. The monoisotopic (exact) mass is 2110 g/mol. The molecular formula is C77H101Cl4MgN41O18P2. The van der Waals surface area contributed by atoms with Crippen molar-refractivity contribution in [2.24, 2.45) is 25.6 Å². The topological polar surface area (TPSA) is 870 Å². The number of aliphatic hydroxyl groups is 2. The summed E-state index contributed by atoms with van der Waals surface area (Å²) in [7, 11) is -3.78. The van der Waals surface area contributed by atoms with Crippen molar-refractivity contribution in [2.75, 3.05) is 54.2 Å². The average Bonchev–Trinajstić information content (AvgIpc) is 1.64. The molecule has 66 heteroatoms. The van der Waals surface area contributed by atoms with Gasteiger partial charge >= 0.3 is 55.7 Å². The number of nitrogen functional groups attached to an aromatic ring is 6. The van der Waals surface area contributed by atoms with Gasteiger partial charge in [0.2, 0.25) is 23.8 Å². The van der Waals surface area contributed by atoms with Gasteiger partial charge in [0.25, 0.3) is 5.56 Å². The van der Waals surface area contributed by atoms with Gasteiger partial charge in [0.1, 0.15) is 64.7 Å². The number of H-pyrrole nitrogens is 1. The maximum atomic E-state index is 13.6. The summed E-state index contributed by atoms with van der Waals surface area (Å²) in [6.45, 7) is 14.0. The number of anilines is 6. The van der Waals surface area contributed by atoms with Crippen molar-refractivity contribution < 1.29 is 88.2 Å². The molecule has 0 amide bonds. The molecule has 8 unspecified atom stereocenters. The van der Waals surface area contributed by atoms with Gasteiger partial charge in [-0.2, -0.15) is 79.8 Å². The van der Waals surface area contributed by atoms with Crippen LogP contribution in [0.1, 0.15) is 151 Å². The van der Waals surface area contributed by atoms with E-state index >= 15 is 0 Å². The summed E-state index contributed by atoms with van der Waals surface area (Å²) in [5.74, 6) is 2.77. The Morgan fingerprint density at radius 3 is 1.13 bits per heavy atom. The summed E-state index contributed by atoms with van der Waals surface area (Å²) < 4.78 is 79.0.